The number of fused-ring (bicyclic) bond motifs is 12. The molecule has 3 heteroatoms. The molecule has 0 N–H and O–H groups in total. The highest BCUT2D eigenvalue weighted by Gasteiger charge is 2.52. The van der Waals surface area contributed by atoms with Crippen molar-refractivity contribution in [2.45, 2.75) is 5.41 Å². The van der Waals surface area contributed by atoms with Crippen LogP contribution in [0.3, 0.4) is 0 Å². The Hall–Kier alpha value is -6.71. The highest BCUT2D eigenvalue weighted by Crippen LogP contribution is 2.63. The van der Waals surface area contributed by atoms with Crippen LogP contribution in [0, 0.1) is 0 Å². The zero-order valence-electron chi connectivity index (χ0n) is 27.6. The average Bonchev–Trinajstić information content (AvgIpc) is 3.68. The van der Waals surface area contributed by atoms with Crippen molar-refractivity contribution in [1.29, 1.82) is 0 Å². The molecule has 0 aliphatic heterocycles. The minimum absolute atomic E-state index is 0.416. The number of aromatic nitrogens is 3. The third kappa shape index (κ3) is 3.86. The van der Waals surface area contributed by atoms with Gasteiger partial charge in [-0.1, -0.05) is 158 Å². The standard InChI is InChI=1S/C48H29N3/c1-5-20-39-34(14-1)35-15-2-6-21-40(35)48(39)41-22-7-3-16-36(41)44-38(19-10-23-42(44)48)47-50-43-24-8-4-17-37(43)46(51-47)32-27-25-30(26-28-32)33-18-9-12-31-13-11-29-49-45(31)33/h1-29H. The molecular weight excluding hydrogens is 619 g/mol. The lowest BCUT2D eigenvalue weighted by Crippen LogP contribution is -2.25. The molecule has 0 fully saturated rings. The second-order valence-electron chi connectivity index (χ2n) is 13.5. The van der Waals surface area contributed by atoms with E-state index in [4.69, 9.17) is 15.0 Å². The predicted octanol–water partition coefficient (Wildman–Crippen LogP) is 11.5. The fourth-order valence-corrected chi connectivity index (χ4v) is 8.89. The highest BCUT2D eigenvalue weighted by atomic mass is 14.9. The zero-order chi connectivity index (χ0) is 33.5. The Bertz CT molecular complexity index is 2820. The van der Waals surface area contributed by atoms with Gasteiger partial charge in [0.2, 0.25) is 0 Å². The number of rotatable bonds is 3. The Morgan fingerprint density at radius 1 is 0.392 bits per heavy atom. The molecule has 0 unspecified atom stereocenters. The largest absolute Gasteiger partial charge is 0.256 e. The van der Waals surface area contributed by atoms with Gasteiger partial charge in [0.25, 0.3) is 0 Å². The number of benzene rings is 7. The SMILES string of the molecule is c1ccc2c(c1)-c1ccccc1C21c2ccccc2-c2c(-c3nc(-c4ccc(-c5cccc6cccnc56)cc4)c4ccccc4n3)cccc21. The lowest BCUT2D eigenvalue weighted by molar-refractivity contribution is 0.794. The molecule has 3 nitrogen and oxygen atoms in total. The summed E-state index contributed by atoms with van der Waals surface area (Å²) in [4.78, 5) is 15.4. The van der Waals surface area contributed by atoms with E-state index in [9.17, 15) is 0 Å². The molecule has 0 amide bonds. The van der Waals surface area contributed by atoms with Crippen LogP contribution in [-0.4, -0.2) is 15.0 Å². The summed E-state index contributed by atoms with van der Waals surface area (Å²) >= 11 is 0. The van der Waals surface area contributed by atoms with Gasteiger partial charge in [-0.3, -0.25) is 4.98 Å². The van der Waals surface area contributed by atoms with Crippen molar-refractivity contribution >= 4 is 21.8 Å². The van der Waals surface area contributed by atoms with E-state index in [0.29, 0.717) is 0 Å². The van der Waals surface area contributed by atoms with Crippen LogP contribution in [0.25, 0.3) is 77.8 Å². The first kappa shape index (κ1) is 28.2. The number of pyridine rings is 1. The lowest BCUT2D eigenvalue weighted by Gasteiger charge is -2.30. The summed E-state index contributed by atoms with van der Waals surface area (Å²) in [5.41, 5.74) is 17.1. The third-order valence-electron chi connectivity index (χ3n) is 11.0. The van der Waals surface area contributed by atoms with Gasteiger partial charge in [-0.05, 0) is 62.2 Å². The van der Waals surface area contributed by atoms with Crippen molar-refractivity contribution < 1.29 is 0 Å². The van der Waals surface area contributed by atoms with Crippen LogP contribution in [0.1, 0.15) is 22.3 Å². The van der Waals surface area contributed by atoms with Gasteiger partial charge in [0.15, 0.2) is 5.82 Å². The van der Waals surface area contributed by atoms with Crippen LogP contribution >= 0.6 is 0 Å². The Labute approximate surface area is 295 Å². The van der Waals surface area contributed by atoms with Gasteiger partial charge in [-0.15, -0.1) is 0 Å². The Morgan fingerprint density at radius 2 is 0.961 bits per heavy atom. The predicted molar refractivity (Wildman–Crippen MR) is 207 cm³/mol. The van der Waals surface area contributed by atoms with Crippen molar-refractivity contribution in [2.75, 3.05) is 0 Å². The molecule has 2 aliphatic rings. The molecule has 0 bridgehead atoms. The van der Waals surface area contributed by atoms with Crippen molar-refractivity contribution in [3.8, 4) is 56.0 Å². The van der Waals surface area contributed by atoms with Gasteiger partial charge in [-0.2, -0.15) is 0 Å². The van der Waals surface area contributed by atoms with E-state index < -0.39 is 5.41 Å². The van der Waals surface area contributed by atoms with Crippen molar-refractivity contribution in [2.24, 2.45) is 0 Å². The van der Waals surface area contributed by atoms with Crippen molar-refractivity contribution in [3.05, 3.63) is 198 Å². The van der Waals surface area contributed by atoms with Gasteiger partial charge in [0.05, 0.1) is 22.1 Å². The van der Waals surface area contributed by atoms with Crippen LogP contribution in [0.4, 0.5) is 0 Å². The van der Waals surface area contributed by atoms with Crippen LogP contribution in [0.5, 0.6) is 0 Å². The fraction of sp³-hybridized carbons (Fsp3) is 0.0208. The van der Waals surface area contributed by atoms with Gasteiger partial charge in [-0.25, -0.2) is 9.97 Å². The number of hydrogen-bond acceptors (Lipinski definition) is 3. The van der Waals surface area contributed by atoms with E-state index in [1.807, 2.05) is 12.3 Å². The summed E-state index contributed by atoms with van der Waals surface area (Å²) in [6.45, 7) is 0. The smallest absolute Gasteiger partial charge is 0.161 e. The normalized spacial score (nSPS) is 13.3. The molecule has 0 saturated heterocycles. The fourth-order valence-electron chi connectivity index (χ4n) is 8.89. The van der Waals surface area contributed by atoms with E-state index >= 15 is 0 Å². The average molecular weight is 648 g/mol. The number of hydrogen-bond donors (Lipinski definition) is 0. The molecule has 0 radical (unpaired) electrons. The molecule has 2 aromatic heterocycles. The van der Waals surface area contributed by atoms with E-state index in [0.717, 1.165) is 55.6 Å². The Kier molecular flexibility index (Phi) is 5.88. The molecule has 236 valence electrons. The zero-order valence-corrected chi connectivity index (χ0v) is 27.6. The molecule has 2 aliphatic carbocycles. The van der Waals surface area contributed by atoms with Crippen LogP contribution in [0.2, 0.25) is 0 Å². The summed E-state index contributed by atoms with van der Waals surface area (Å²) in [6.07, 6.45) is 1.86. The maximum atomic E-state index is 5.42. The maximum Gasteiger partial charge on any atom is 0.161 e. The summed E-state index contributed by atoms with van der Waals surface area (Å²) in [6, 6.07) is 61.0. The van der Waals surface area contributed by atoms with Crippen LogP contribution in [-0.2, 0) is 5.41 Å². The summed E-state index contributed by atoms with van der Waals surface area (Å²) in [7, 11) is 0. The molecule has 0 saturated carbocycles. The van der Waals surface area contributed by atoms with Crippen molar-refractivity contribution in [3.63, 3.8) is 0 Å². The quantitative estimate of drug-likeness (QED) is 0.192. The molecule has 2 heterocycles. The first-order chi connectivity index (χ1) is 25.3. The first-order valence-electron chi connectivity index (χ1n) is 17.5. The lowest BCUT2D eigenvalue weighted by atomic mass is 9.70. The van der Waals surface area contributed by atoms with Gasteiger partial charge < -0.3 is 0 Å². The monoisotopic (exact) mass is 647 g/mol. The highest BCUT2D eigenvalue weighted by molar-refractivity contribution is 6.01. The van der Waals surface area contributed by atoms with E-state index in [-0.39, 0.29) is 0 Å². The van der Waals surface area contributed by atoms with Gasteiger partial charge >= 0.3 is 0 Å². The van der Waals surface area contributed by atoms with E-state index in [2.05, 4.69) is 164 Å². The van der Waals surface area contributed by atoms with Gasteiger partial charge in [0, 0.05) is 33.7 Å². The van der Waals surface area contributed by atoms with E-state index in [1.165, 1.54) is 44.5 Å². The third-order valence-corrected chi connectivity index (χ3v) is 11.0. The molecule has 0 atom stereocenters. The second kappa shape index (κ2) is 10.6. The second-order valence-corrected chi connectivity index (χ2v) is 13.5. The summed E-state index contributed by atoms with van der Waals surface area (Å²) in [5, 5.41) is 2.16. The van der Waals surface area contributed by atoms with E-state index in [1.54, 1.807) is 0 Å². The molecule has 1 spiro atoms. The summed E-state index contributed by atoms with van der Waals surface area (Å²) in [5.74, 6) is 0.731. The molecule has 11 rings (SSSR count). The maximum absolute atomic E-state index is 5.42. The number of para-hydroxylation sites is 2. The first-order valence-corrected chi connectivity index (χ1v) is 17.5. The molecule has 51 heavy (non-hydrogen) atoms. The molecular formula is C48H29N3. The Balaban J connectivity index is 1.13. The minimum Gasteiger partial charge on any atom is -0.256 e. The molecule has 7 aromatic carbocycles. The number of nitrogens with zero attached hydrogens (tertiary/aromatic N) is 3. The minimum atomic E-state index is -0.416. The van der Waals surface area contributed by atoms with Crippen LogP contribution in [0.15, 0.2) is 176 Å². The Morgan fingerprint density at radius 3 is 1.75 bits per heavy atom. The summed E-state index contributed by atoms with van der Waals surface area (Å²) < 4.78 is 0. The van der Waals surface area contributed by atoms with Crippen molar-refractivity contribution in [1.82, 2.24) is 15.0 Å². The van der Waals surface area contributed by atoms with Gasteiger partial charge in [0.1, 0.15) is 0 Å². The van der Waals surface area contributed by atoms with Crippen LogP contribution < -0.4 is 0 Å². The molecule has 9 aromatic rings. The topological polar surface area (TPSA) is 38.7 Å².